The van der Waals surface area contributed by atoms with Gasteiger partial charge in [-0.1, -0.05) is 50.6 Å². The van der Waals surface area contributed by atoms with Crippen LogP contribution in [0, 0.1) is 23.7 Å². The number of fused-ring (bicyclic) bond motifs is 2. The van der Waals surface area contributed by atoms with Crippen LogP contribution < -0.4 is 0 Å². The van der Waals surface area contributed by atoms with Crippen LogP contribution in [0.1, 0.15) is 44.7 Å². The van der Waals surface area contributed by atoms with Gasteiger partial charge in [-0.25, -0.2) is 0 Å². The van der Waals surface area contributed by atoms with E-state index in [2.05, 4.69) is 58.0 Å². The van der Waals surface area contributed by atoms with Gasteiger partial charge in [-0.2, -0.15) is 0 Å². The van der Waals surface area contributed by atoms with E-state index in [9.17, 15) is 4.79 Å². The molecular formula is C18H22NaO. The van der Waals surface area contributed by atoms with Crippen LogP contribution in [0.4, 0.5) is 0 Å². The number of hydrogen-bond acceptors (Lipinski definition) is 1. The zero-order chi connectivity index (χ0) is 13.8. The number of allylic oxidation sites excluding steroid dienone is 1. The van der Waals surface area contributed by atoms with E-state index < -0.39 is 0 Å². The minimum atomic E-state index is -0.145. The van der Waals surface area contributed by atoms with Gasteiger partial charge in [-0.15, -0.1) is 0 Å². The van der Waals surface area contributed by atoms with Crippen LogP contribution in [0.25, 0.3) is 6.08 Å². The van der Waals surface area contributed by atoms with Crippen LogP contribution in [-0.2, 0) is 4.79 Å². The van der Waals surface area contributed by atoms with Crippen LogP contribution in [0.15, 0.2) is 29.8 Å². The zero-order valence-electron chi connectivity index (χ0n) is 13.3. The van der Waals surface area contributed by atoms with Gasteiger partial charge in [0.05, 0.1) is 0 Å². The SMILES string of the molecule is Cc1ccc(C=C2C(=O)C3(C)CCC2C3(C)C)cc1.[Na]. The molecule has 0 heterocycles. The van der Waals surface area contributed by atoms with E-state index in [1.54, 1.807) is 0 Å². The summed E-state index contributed by atoms with van der Waals surface area (Å²) in [5.41, 5.74) is 3.44. The Balaban J connectivity index is 0.00000147. The molecule has 1 nitrogen and oxygen atoms in total. The van der Waals surface area contributed by atoms with Crippen molar-refractivity contribution in [3.63, 3.8) is 0 Å². The van der Waals surface area contributed by atoms with Gasteiger partial charge in [0, 0.05) is 35.0 Å². The van der Waals surface area contributed by atoms with Crippen molar-refractivity contribution in [2.24, 2.45) is 16.7 Å². The molecule has 0 amide bonds. The first-order chi connectivity index (χ1) is 8.86. The Morgan fingerprint density at radius 2 is 1.75 bits per heavy atom. The molecule has 1 aromatic rings. The molecule has 2 bridgehead atoms. The summed E-state index contributed by atoms with van der Waals surface area (Å²) in [5, 5.41) is 0. The third-order valence-electron chi connectivity index (χ3n) is 5.76. The summed E-state index contributed by atoms with van der Waals surface area (Å²) in [7, 11) is 0. The quantitative estimate of drug-likeness (QED) is 0.559. The fraction of sp³-hybridized carbons (Fsp3) is 0.500. The third-order valence-corrected chi connectivity index (χ3v) is 5.76. The number of carbonyl (C=O) groups is 1. The van der Waals surface area contributed by atoms with Crippen molar-refractivity contribution in [2.45, 2.75) is 40.5 Å². The molecule has 101 valence electrons. The van der Waals surface area contributed by atoms with E-state index in [1.807, 2.05) is 0 Å². The van der Waals surface area contributed by atoms with Crippen molar-refractivity contribution in [1.29, 1.82) is 0 Å². The number of ketones is 1. The molecule has 3 rings (SSSR count). The van der Waals surface area contributed by atoms with Gasteiger partial charge < -0.3 is 0 Å². The number of carbonyl (C=O) groups excluding carboxylic acids is 1. The maximum absolute atomic E-state index is 12.7. The summed E-state index contributed by atoms with van der Waals surface area (Å²) in [6, 6.07) is 8.43. The molecule has 1 radical (unpaired) electrons. The second-order valence-electron chi connectivity index (χ2n) is 6.98. The summed E-state index contributed by atoms with van der Waals surface area (Å²) >= 11 is 0. The Morgan fingerprint density at radius 1 is 1.15 bits per heavy atom. The second kappa shape index (κ2) is 5.12. The van der Waals surface area contributed by atoms with E-state index in [0.717, 1.165) is 24.0 Å². The molecule has 2 saturated carbocycles. The van der Waals surface area contributed by atoms with Crippen LogP contribution >= 0.6 is 0 Å². The maximum atomic E-state index is 12.7. The van der Waals surface area contributed by atoms with Crippen molar-refractivity contribution < 1.29 is 4.79 Å². The molecular weight excluding hydrogens is 255 g/mol. The van der Waals surface area contributed by atoms with Crippen molar-refractivity contribution in [1.82, 2.24) is 0 Å². The first-order valence-electron chi connectivity index (χ1n) is 7.19. The number of Topliss-reactive ketones (excluding diaryl/α,β-unsaturated/α-hetero) is 1. The van der Waals surface area contributed by atoms with Gasteiger partial charge in [0.1, 0.15) is 0 Å². The van der Waals surface area contributed by atoms with Crippen LogP contribution in [-0.4, -0.2) is 35.3 Å². The molecule has 0 N–H and O–H groups in total. The Labute approximate surface area is 144 Å². The number of aryl methyl sites for hydroxylation is 1. The number of benzene rings is 1. The van der Waals surface area contributed by atoms with E-state index in [1.165, 1.54) is 5.56 Å². The zero-order valence-corrected chi connectivity index (χ0v) is 15.3. The summed E-state index contributed by atoms with van der Waals surface area (Å²) in [5.74, 6) is 0.820. The van der Waals surface area contributed by atoms with Crippen LogP contribution in [0.3, 0.4) is 0 Å². The fourth-order valence-electron chi connectivity index (χ4n) is 3.94. The molecule has 0 saturated heterocycles. The summed E-state index contributed by atoms with van der Waals surface area (Å²) in [6.07, 6.45) is 4.33. The standard InChI is InChI=1S/C18H22O.Na/c1-12-5-7-13(8-6-12)11-14-15-9-10-18(4,16(14)19)17(15,2)3;/h5-8,11,15H,9-10H2,1-4H3;. The number of rotatable bonds is 1. The summed E-state index contributed by atoms with van der Waals surface area (Å²) < 4.78 is 0. The van der Waals surface area contributed by atoms with Crippen molar-refractivity contribution in [2.75, 3.05) is 0 Å². The Bertz CT molecular complexity index is 568. The number of hydrogen-bond donors (Lipinski definition) is 0. The Morgan fingerprint density at radius 3 is 2.25 bits per heavy atom. The van der Waals surface area contributed by atoms with Gasteiger partial charge in [0.2, 0.25) is 0 Å². The fourth-order valence-corrected chi connectivity index (χ4v) is 3.94. The summed E-state index contributed by atoms with van der Waals surface area (Å²) in [4.78, 5) is 12.7. The monoisotopic (exact) mass is 277 g/mol. The maximum Gasteiger partial charge on any atom is 0.165 e. The topological polar surface area (TPSA) is 17.1 Å². The van der Waals surface area contributed by atoms with Gasteiger partial charge in [-0.05, 0) is 48.3 Å². The minimum Gasteiger partial charge on any atom is -0.294 e. The molecule has 0 spiro atoms. The van der Waals surface area contributed by atoms with Crippen LogP contribution in [0.2, 0.25) is 0 Å². The smallest absolute Gasteiger partial charge is 0.165 e. The average molecular weight is 277 g/mol. The van der Waals surface area contributed by atoms with E-state index in [-0.39, 0.29) is 40.4 Å². The van der Waals surface area contributed by atoms with Gasteiger partial charge in [0.15, 0.2) is 5.78 Å². The molecule has 2 fully saturated rings. The van der Waals surface area contributed by atoms with Gasteiger partial charge in [-0.3, -0.25) is 4.79 Å². The molecule has 2 heteroatoms. The van der Waals surface area contributed by atoms with Crippen molar-refractivity contribution in [3.05, 3.63) is 41.0 Å². The Hall–Kier alpha value is -0.370. The average Bonchev–Trinajstić information content (AvgIpc) is 2.66. The van der Waals surface area contributed by atoms with Crippen LogP contribution in [0.5, 0.6) is 0 Å². The third kappa shape index (κ3) is 2.06. The molecule has 1 aromatic carbocycles. The van der Waals surface area contributed by atoms with E-state index >= 15 is 0 Å². The molecule has 0 aromatic heterocycles. The Kier molecular flexibility index (Phi) is 4.10. The van der Waals surface area contributed by atoms with E-state index in [0.29, 0.717) is 11.7 Å². The molecule has 20 heavy (non-hydrogen) atoms. The van der Waals surface area contributed by atoms with Gasteiger partial charge >= 0.3 is 0 Å². The molecule has 2 aliphatic rings. The van der Waals surface area contributed by atoms with Gasteiger partial charge in [0.25, 0.3) is 0 Å². The second-order valence-corrected chi connectivity index (χ2v) is 6.98. The molecule has 2 unspecified atom stereocenters. The first kappa shape index (κ1) is 16.0. The predicted molar refractivity (Wildman–Crippen MR) is 84.5 cm³/mol. The van der Waals surface area contributed by atoms with Crippen molar-refractivity contribution >= 4 is 41.4 Å². The molecule has 2 aliphatic carbocycles. The molecule has 2 atom stereocenters. The van der Waals surface area contributed by atoms with E-state index in [4.69, 9.17) is 0 Å². The largest absolute Gasteiger partial charge is 0.294 e. The predicted octanol–water partition coefficient (Wildman–Crippen LogP) is 4.02. The normalized spacial score (nSPS) is 32.5. The van der Waals surface area contributed by atoms with Crippen molar-refractivity contribution in [3.8, 4) is 0 Å². The minimum absolute atomic E-state index is 0. The first-order valence-corrected chi connectivity index (χ1v) is 7.19. The summed E-state index contributed by atoms with van der Waals surface area (Å²) in [6.45, 7) is 8.77. The molecule has 0 aliphatic heterocycles.